The van der Waals surface area contributed by atoms with Crippen molar-refractivity contribution in [3.63, 3.8) is 0 Å². The Morgan fingerprint density at radius 1 is 1.05 bits per heavy atom. The second kappa shape index (κ2) is 12.4. The molecular weight excluding hydrogens is 264 g/mol. The lowest BCUT2D eigenvalue weighted by atomic mass is 10.0. The van der Waals surface area contributed by atoms with Gasteiger partial charge in [-0.3, -0.25) is 4.79 Å². The summed E-state index contributed by atoms with van der Waals surface area (Å²) in [5, 5.41) is 0. The standard InChI is InChI=1S/C18H30O3/c1-15(12-10-13-16(2)18(20)21-4)11-8-6-5-7-9-14-17(3)19/h5,7,11,16H,6,8-10,12-14H2,1-4H3. The number of methoxy groups -OCH3 is 1. The predicted octanol–water partition coefficient (Wildman–Crippen LogP) is 4.62. The molecule has 0 aromatic heterocycles. The first-order valence-electron chi connectivity index (χ1n) is 7.85. The Kier molecular flexibility index (Phi) is 11.6. The van der Waals surface area contributed by atoms with Gasteiger partial charge in [-0.1, -0.05) is 30.7 Å². The Labute approximate surface area is 129 Å². The van der Waals surface area contributed by atoms with Crippen molar-refractivity contribution in [3.05, 3.63) is 23.8 Å². The van der Waals surface area contributed by atoms with Crippen LogP contribution >= 0.6 is 0 Å². The van der Waals surface area contributed by atoms with Crippen LogP contribution in [0.2, 0.25) is 0 Å². The van der Waals surface area contributed by atoms with E-state index in [-0.39, 0.29) is 17.7 Å². The summed E-state index contributed by atoms with van der Waals surface area (Å²) in [7, 11) is 1.44. The van der Waals surface area contributed by atoms with Crippen molar-refractivity contribution in [3.8, 4) is 0 Å². The Bertz CT molecular complexity index is 367. The van der Waals surface area contributed by atoms with Crippen LogP contribution in [0.15, 0.2) is 23.8 Å². The molecule has 120 valence electrons. The van der Waals surface area contributed by atoms with Gasteiger partial charge in [0.05, 0.1) is 13.0 Å². The smallest absolute Gasteiger partial charge is 0.308 e. The number of esters is 1. The van der Waals surface area contributed by atoms with E-state index in [1.807, 2.05) is 6.92 Å². The van der Waals surface area contributed by atoms with Crippen LogP contribution in [-0.4, -0.2) is 18.9 Å². The molecule has 0 amide bonds. The molecule has 1 unspecified atom stereocenters. The van der Waals surface area contributed by atoms with Crippen LogP contribution in [0, 0.1) is 5.92 Å². The minimum atomic E-state index is -0.118. The summed E-state index contributed by atoms with van der Waals surface area (Å²) in [5.41, 5.74) is 1.38. The van der Waals surface area contributed by atoms with Crippen LogP contribution in [-0.2, 0) is 14.3 Å². The van der Waals surface area contributed by atoms with Crippen molar-refractivity contribution in [1.82, 2.24) is 0 Å². The molecule has 0 spiro atoms. The lowest BCUT2D eigenvalue weighted by molar-refractivity contribution is -0.145. The van der Waals surface area contributed by atoms with Gasteiger partial charge in [-0.15, -0.1) is 0 Å². The van der Waals surface area contributed by atoms with Crippen LogP contribution in [0.25, 0.3) is 0 Å². The summed E-state index contributed by atoms with van der Waals surface area (Å²) >= 11 is 0. The third-order valence-corrected chi connectivity index (χ3v) is 3.47. The molecule has 21 heavy (non-hydrogen) atoms. The summed E-state index contributed by atoms with van der Waals surface area (Å²) in [4.78, 5) is 22.0. The summed E-state index contributed by atoms with van der Waals surface area (Å²) in [5.74, 6) is 0.121. The minimum Gasteiger partial charge on any atom is -0.469 e. The van der Waals surface area contributed by atoms with Crippen LogP contribution < -0.4 is 0 Å². The molecule has 0 aliphatic carbocycles. The van der Waals surface area contributed by atoms with Crippen molar-refractivity contribution in [2.45, 2.75) is 65.7 Å². The van der Waals surface area contributed by atoms with Crippen molar-refractivity contribution >= 4 is 11.8 Å². The first-order chi connectivity index (χ1) is 9.97. The molecule has 0 aliphatic rings. The number of ketones is 1. The number of unbranched alkanes of at least 4 members (excludes halogenated alkanes) is 1. The lowest BCUT2D eigenvalue weighted by Gasteiger charge is -2.08. The Balaban J connectivity index is 3.70. The first kappa shape index (κ1) is 19.6. The van der Waals surface area contributed by atoms with Gasteiger partial charge in [0.2, 0.25) is 0 Å². The second-order valence-electron chi connectivity index (χ2n) is 5.66. The molecule has 0 N–H and O–H groups in total. The quantitative estimate of drug-likeness (QED) is 0.317. The molecule has 3 heteroatoms. The average molecular weight is 294 g/mol. The summed E-state index contributed by atoms with van der Waals surface area (Å²) in [6.45, 7) is 5.68. The van der Waals surface area contributed by atoms with Gasteiger partial charge in [0.15, 0.2) is 0 Å². The molecule has 0 bridgehead atoms. The Hall–Kier alpha value is -1.38. The topological polar surface area (TPSA) is 43.4 Å². The maximum atomic E-state index is 11.3. The monoisotopic (exact) mass is 294 g/mol. The van der Waals surface area contributed by atoms with E-state index in [9.17, 15) is 9.59 Å². The molecular formula is C18H30O3. The molecule has 3 nitrogen and oxygen atoms in total. The molecule has 1 atom stereocenters. The third kappa shape index (κ3) is 12.1. The maximum Gasteiger partial charge on any atom is 0.308 e. The zero-order valence-electron chi connectivity index (χ0n) is 14.0. The zero-order valence-corrected chi connectivity index (χ0v) is 14.0. The number of rotatable bonds is 11. The highest BCUT2D eigenvalue weighted by molar-refractivity contribution is 5.75. The van der Waals surface area contributed by atoms with E-state index in [1.165, 1.54) is 12.7 Å². The third-order valence-electron chi connectivity index (χ3n) is 3.47. The van der Waals surface area contributed by atoms with E-state index in [1.54, 1.807) is 6.92 Å². The van der Waals surface area contributed by atoms with E-state index in [2.05, 4.69) is 25.2 Å². The lowest BCUT2D eigenvalue weighted by Crippen LogP contribution is -2.12. The van der Waals surface area contributed by atoms with Gasteiger partial charge >= 0.3 is 5.97 Å². The number of ether oxygens (including phenoxy) is 1. The minimum absolute atomic E-state index is 0.00740. The Morgan fingerprint density at radius 2 is 1.71 bits per heavy atom. The van der Waals surface area contributed by atoms with Gasteiger partial charge in [0.1, 0.15) is 5.78 Å². The van der Waals surface area contributed by atoms with Gasteiger partial charge in [0, 0.05) is 6.42 Å². The van der Waals surface area contributed by atoms with E-state index in [0.717, 1.165) is 38.5 Å². The van der Waals surface area contributed by atoms with Crippen molar-refractivity contribution in [1.29, 1.82) is 0 Å². The van der Waals surface area contributed by atoms with Crippen molar-refractivity contribution < 1.29 is 14.3 Å². The fourth-order valence-corrected chi connectivity index (χ4v) is 2.06. The van der Waals surface area contributed by atoms with E-state index in [0.29, 0.717) is 6.42 Å². The Morgan fingerprint density at radius 3 is 2.33 bits per heavy atom. The van der Waals surface area contributed by atoms with Gasteiger partial charge in [-0.05, 0) is 52.4 Å². The zero-order chi connectivity index (χ0) is 16.1. The van der Waals surface area contributed by atoms with Gasteiger partial charge in [-0.25, -0.2) is 0 Å². The second-order valence-corrected chi connectivity index (χ2v) is 5.66. The molecule has 0 rings (SSSR count). The molecule has 0 aromatic carbocycles. The molecule has 0 aromatic rings. The predicted molar refractivity (Wildman–Crippen MR) is 87.1 cm³/mol. The normalized spacial score (nSPS) is 13.4. The maximum absolute atomic E-state index is 11.3. The van der Waals surface area contributed by atoms with Crippen molar-refractivity contribution in [2.24, 2.45) is 5.92 Å². The molecule has 0 fully saturated rings. The van der Waals surface area contributed by atoms with Crippen LogP contribution in [0.5, 0.6) is 0 Å². The number of hydrogen-bond acceptors (Lipinski definition) is 3. The number of carbonyl (C=O) groups is 2. The largest absolute Gasteiger partial charge is 0.469 e. The molecule has 0 saturated heterocycles. The van der Waals surface area contributed by atoms with Gasteiger partial charge in [0.25, 0.3) is 0 Å². The van der Waals surface area contributed by atoms with E-state index >= 15 is 0 Å². The van der Waals surface area contributed by atoms with Crippen LogP contribution in [0.3, 0.4) is 0 Å². The fourth-order valence-electron chi connectivity index (χ4n) is 2.06. The molecule has 0 radical (unpaired) electrons. The molecule has 0 heterocycles. The van der Waals surface area contributed by atoms with E-state index < -0.39 is 0 Å². The van der Waals surface area contributed by atoms with Crippen LogP contribution in [0.1, 0.15) is 65.7 Å². The fraction of sp³-hybridized carbons (Fsp3) is 0.667. The first-order valence-corrected chi connectivity index (χ1v) is 7.85. The molecule has 0 saturated carbocycles. The van der Waals surface area contributed by atoms with E-state index in [4.69, 9.17) is 4.74 Å². The highest BCUT2D eigenvalue weighted by atomic mass is 16.5. The average Bonchev–Trinajstić information content (AvgIpc) is 2.44. The number of hydrogen-bond donors (Lipinski definition) is 0. The number of allylic oxidation sites excluding steroid dienone is 4. The highest BCUT2D eigenvalue weighted by Crippen LogP contribution is 2.14. The summed E-state index contributed by atoms with van der Waals surface area (Å²) in [6.07, 6.45) is 13.0. The molecule has 0 aliphatic heterocycles. The van der Waals surface area contributed by atoms with Gasteiger partial charge < -0.3 is 9.53 Å². The van der Waals surface area contributed by atoms with Gasteiger partial charge in [-0.2, -0.15) is 0 Å². The SMILES string of the molecule is COC(=O)C(C)CCCC(C)=CCCC=CCCC(C)=O. The highest BCUT2D eigenvalue weighted by Gasteiger charge is 2.11. The van der Waals surface area contributed by atoms with Crippen LogP contribution in [0.4, 0.5) is 0 Å². The van der Waals surface area contributed by atoms with Crippen molar-refractivity contribution in [2.75, 3.05) is 7.11 Å². The summed E-state index contributed by atoms with van der Waals surface area (Å²) in [6, 6.07) is 0. The summed E-state index contributed by atoms with van der Waals surface area (Å²) < 4.78 is 4.71. The number of carbonyl (C=O) groups excluding carboxylic acids is 2. The number of Topliss-reactive ketones (excluding diaryl/α,β-unsaturated/α-hetero) is 1.